The molecule has 1 aromatic carbocycles. The van der Waals surface area contributed by atoms with Gasteiger partial charge in [0, 0.05) is 12.8 Å². The summed E-state index contributed by atoms with van der Waals surface area (Å²) in [7, 11) is 0. The van der Waals surface area contributed by atoms with Gasteiger partial charge in [-0.05, 0) is 32.9 Å². The van der Waals surface area contributed by atoms with Gasteiger partial charge >= 0.3 is 5.97 Å². The van der Waals surface area contributed by atoms with Gasteiger partial charge in [0.2, 0.25) is 5.60 Å². The summed E-state index contributed by atoms with van der Waals surface area (Å²) in [4.78, 5) is 35.8. The van der Waals surface area contributed by atoms with E-state index in [0.717, 1.165) is 0 Å². The zero-order valence-electron chi connectivity index (χ0n) is 12.7. The van der Waals surface area contributed by atoms with Crippen molar-refractivity contribution in [2.24, 2.45) is 0 Å². The summed E-state index contributed by atoms with van der Waals surface area (Å²) in [5, 5.41) is 2.22. The number of esters is 1. The van der Waals surface area contributed by atoms with Crippen LogP contribution < -0.4 is 10.1 Å². The van der Waals surface area contributed by atoms with Crippen LogP contribution in [0.1, 0.15) is 54.3 Å². The highest BCUT2D eigenvalue weighted by atomic mass is 16.6. The maximum atomic E-state index is 12.3. The van der Waals surface area contributed by atoms with Gasteiger partial charge in [-0.15, -0.1) is 0 Å². The number of hydrogen-bond acceptors (Lipinski definition) is 5. The number of imide groups is 1. The number of fused-ring (bicyclic) bond motifs is 1. The van der Waals surface area contributed by atoms with Crippen LogP contribution in [0.25, 0.3) is 0 Å². The molecule has 116 valence electrons. The van der Waals surface area contributed by atoms with Crippen molar-refractivity contribution in [3.05, 3.63) is 29.3 Å². The summed E-state index contributed by atoms with van der Waals surface area (Å²) in [5.41, 5.74) is -1.21. The smallest absolute Gasteiger partial charge is 0.351 e. The molecule has 0 aromatic heterocycles. The van der Waals surface area contributed by atoms with Gasteiger partial charge in [0.25, 0.3) is 11.8 Å². The van der Waals surface area contributed by atoms with Crippen molar-refractivity contribution in [3.8, 4) is 5.75 Å². The Morgan fingerprint density at radius 3 is 2.45 bits per heavy atom. The molecule has 1 heterocycles. The third kappa shape index (κ3) is 2.45. The third-order valence-corrected chi connectivity index (χ3v) is 3.51. The van der Waals surface area contributed by atoms with Gasteiger partial charge in [0.15, 0.2) is 0 Å². The monoisotopic (exact) mass is 303 g/mol. The van der Waals surface area contributed by atoms with Crippen LogP contribution in [0.5, 0.6) is 5.75 Å². The first-order chi connectivity index (χ1) is 10.2. The average Bonchev–Trinajstić information content (AvgIpc) is 3.11. The first-order valence-corrected chi connectivity index (χ1v) is 7.13. The maximum absolute atomic E-state index is 12.3. The van der Waals surface area contributed by atoms with Crippen molar-refractivity contribution in [2.45, 2.75) is 44.8 Å². The van der Waals surface area contributed by atoms with Crippen LogP contribution in [0, 0.1) is 0 Å². The molecule has 1 aliphatic carbocycles. The second-order valence-electron chi connectivity index (χ2n) is 6.56. The quantitative estimate of drug-likeness (QED) is 0.680. The topological polar surface area (TPSA) is 81.7 Å². The number of carbonyl (C=O) groups excluding carboxylic acids is 3. The fraction of sp³-hybridized carbons (Fsp3) is 0.438. The predicted octanol–water partition coefficient (Wildman–Crippen LogP) is 1.82. The zero-order valence-corrected chi connectivity index (χ0v) is 12.7. The minimum Gasteiger partial charge on any atom is -0.475 e. The normalized spacial score (nSPS) is 18.5. The van der Waals surface area contributed by atoms with Gasteiger partial charge in [-0.1, -0.05) is 6.07 Å². The molecule has 3 rings (SSSR count). The summed E-state index contributed by atoms with van der Waals surface area (Å²) >= 11 is 0. The molecule has 2 aliphatic rings. The van der Waals surface area contributed by atoms with E-state index in [1.807, 2.05) is 0 Å². The molecule has 1 aliphatic heterocycles. The molecule has 1 N–H and O–H groups in total. The molecule has 6 nitrogen and oxygen atoms in total. The summed E-state index contributed by atoms with van der Waals surface area (Å²) in [6.45, 7) is 5.36. The molecule has 1 saturated carbocycles. The van der Waals surface area contributed by atoms with Crippen LogP contribution in [0.2, 0.25) is 0 Å². The van der Waals surface area contributed by atoms with Crippen molar-refractivity contribution in [2.75, 3.05) is 0 Å². The lowest BCUT2D eigenvalue weighted by molar-refractivity contribution is -0.165. The Labute approximate surface area is 127 Å². The van der Waals surface area contributed by atoms with Crippen molar-refractivity contribution < 1.29 is 23.9 Å². The van der Waals surface area contributed by atoms with Crippen LogP contribution in [0.4, 0.5) is 0 Å². The summed E-state index contributed by atoms with van der Waals surface area (Å²) in [6.07, 6.45) is 1.06. The molecule has 6 heteroatoms. The maximum Gasteiger partial charge on any atom is 0.351 e. The Morgan fingerprint density at radius 2 is 1.86 bits per heavy atom. The number of rotatable bonds is 3. The van der Waals surface area contributed by atoms with Crippen molar-refractivity contribution in [1.82, 2.24) is 5.32 Å². The van der Waals surface area contributed by atoms with E-state index in [0.29, 0.717) is 12.8 Å². The molecule has 0 atom stereocenters. The lowest BCUT2D eigenvalue weighted by Gasteiger charge is -2.24. The Kier molecular flexibility index (Phi) is 3.02. The fourth-order valence-corrected chi connectivity index (χ4v) is 2.32. The van der Waals surface area contributed by atoms with E-state index in [9.17, 15) is 14.4 Å². The molecule has 22 heavy (non-hydrogen) atoms. The van der Waals surface area contributed by atoms with E-state index >= 15 is 0 Å². The van der Waals surface area contributed by atoms with Gasteiger partial charge in [-0.3, -0.25) is 14.9 Å². The summed E-state index contributed by atoms with van der Waals surface area (Å²) < 4.78 is 11.2. The number of nitrogens with one attached hydrogen (secondary N) is 1. The molecule has 0 radical (unpaired) electrons. The average molecular weight is 303 g/mol. The van der Waals surface area contributed by atoms with Crippen molar-refractivity contribution in [1.29, 1.82) is 0 Å². The van der Waals surface area contributed by atoms with Crippen molar-refractivity contribution in [3.63, 3.8) is 0 Å². The van der Waals surface area contributed by atoms with Gasteiger partial charge in [0.1, 0.15) is 11.4 Å². The first kappa shape index (κ1) is 14.6. The summed E-state index contributed by atoms with van der Waals surface area (Å²) in [5.74, 6) is -1.16. The van der Waals surface area contributed by atoms with Crippen LogP contribution in [-0.4, -0.2) is 29.0 Å². The molecule has 0 bridgehead atoms. The SMILES string of the molecule is CC(C)(C)OC(=O)C1(Oc2cccc3c2C(=O)NC3=O)CC1. The lowest BCUT2D eigenvalue weighted by Crippen LogP contribution is -2.37. The number of benzene rings is 1. The number of carbonyl (C=O) groups is 3. The third-order valence-electron chi connectivity index (χ3n) is 3.51. The van der Waals surface area contributed by atoms with Gasteiger partial charge < -0.3 is 9.47 Å². The Morgan fingerprint density at radius 1 is 1.18 bits per heavy atom. The standard InChI is InChI=1S/C16H17NO5/c1-15(2,3)22-14(20)16(7-8-16)21-10-6-4-5-9-11(10)13(19)17-12(9)18/h4-6H,7-8H2,1-3H3,(H,17,18,19). The van der Waals surface area contributed by atoms with Crippen molar-refractivity contribution >= 4 is 17.8 Å². The van der Waals surface area contributed by atoms with Crippen LogP contribution in [0.15, 0.2) is 18.2 Å². The van der Waals surface area contributed by atoms with Crippen LogP contribution in [0.3, 0.4) is 0 Å². The van der Waals surface area contributed by atoms with E-state index in [-0.39, 0.29) is 16.9 Å². The molecule has 1 aromatic rings. The molecule has 0 saturated heterocycles. The predicted molar refractivity (Wildman–Crippen MR) is 76.7 cm³/mol. The highest BCUT2D eigenvalue weighted by Gasteiger charge is 2.56. The van der Waals surface area contributed by atoms with Gasteiger partial charge in [-0.2, -0.15) is 0 Å². The van der Waals surface area contributed by atoms with Gasteiger partial charge in [-0.25, -0.2) is 4.79 Å². The molecular formula is C16H17NO5. The van der Waals surface area contributed by atoms with E-state index < -0.39 is 29.0 Å². The van der Waals surface area contributed by atoms with E-state index in [4.69, 9.17) is 9.47 Å². The zero-order chi connectivity index (χ0) is 16.1. The Hall–Kier alpha value is -2.37. The second-order valence-corrected chi connectivity index (χ2v) is 6.56. The minimum atomic E-state index is -1.05. The largest absolute Gasteiger partial charge is 0.475 e. The molecule has 1 fully saturated rings. The first-order valence-electron chi connectivity index (χ1n) is 7.13. The van der Waals surface area contributed by atoms with E-state index in [1.165, 1.54) is 0 Å². The van der Waals surface area contributed by atoms with E-state index in [2.05, 4.69) is 5.32 Å². The molecule has 0 unspecified atom stereocenters. The number of hydrogen-bond donors (Lipinski definition) is 1. The number of amides is 2. The van der Waals surface area contributed by atoms with Crippen LogP contribution in [-0.2, 0) is 9.53 Å². The number of ether oxygens (including phenoxy) is 2. The second kappa shape index (κ2) is 4.56. The highest BCUT2D eigenvalue weighted by Crippen LogP contribution is 2.43. The highest BCUT2D eigenvalue weighted by molar-refractivity contribution is 6.22. The molecule has 0 spiro atoms. The van der Waals surface area contributed by atoms with Gasteiger partial charge in [0.05, 0.1) is 11.1 Å². The van der Waals surface area contributed by atoms with E-state index in [1.54, 1.807) is 39.0 Å². The molecule has 2 amide bonds. The fourth-order valence-electron chi connectivity index (χ4n) is 2.32. The Bertz CT molecular complexity index is 682. The Balaban J connectivity index is 1.87. The summed E-state index contributed by atoms with van der Waals surface area (Å²) in [6, 6.07) is 4.76. The van der Waals surface area contributed by atoms with Crippen LogP contribution >= 0.6 is 0 Å². The lowest BCUT2D eigenvalue weighted by atomic mass is 10.1. The molecular weight excluding hydrogens is 286 g/mol. The minimum absolute atomic E-state index is 0.183.